The van der Waals surface area contributed by atoms with E-state index < -0.39 is 0 Å². The van der Waals surface area contributed by atoms with Crippen LogP contribution in [0.25, 0.3) is 0 Å². The quantitative estimate of drug-likeness (QED) is 0.486. The summed E-state index contributed by atoms with van der Waals surface area (Å²) in [4.78, 5) is 29.5. The van der Waals surface area contributed by atoms with Crippen LogP contribution in [0.4, 0.5) is 0 Å². The highest BCUT2D eigenvalue weighted by molar-refractivity contribution is 5.85. The van der Waals surface area contributed by atoms with Crippen molar-refractivity contribution in [1.29, 1.82) is 0 Å². The number of benzene rings is 1. The van der Waals surface area contributed by atoms with Gasteiger partial charge in [-0.1, -0.05) is 56.5 Å². The predicted molar refractivity (Wildman–Crippen MR) is 113 cm³/mol. The van der Waals surface area contributed by atoms with Crippen molar-refractivity contribution in [2.24, 2.45) is 0 Å². The molecule has 0 unspecified atom stereocenters. The number of hydrogen-bond acceptors (Lipinski definition) is 3. The van der Waals surface area contributed by atoms with Crippen LogP contribution in [0.5, 0.6) is 0 Å². The van der Waals surface area contributed by atoms with Crippen LogP contribution in [0.3, 0.4) is 0 Å². The van der Waals surface area contributed by atoms with Crippen molar-refractivity contribution in [3.63, 3.8) is 0 Å². The van der Waals surface area contributed by atoms with Crippen molar-refractivity contribution >= 4 is 11.8 Å². The summed E-state index contributed by atoms with van der Waals surface area (Å²) in [6.45, 7) is 3.23. The van der Waals surface area contributed by atoms with Crippen molar-refractivity contribution in [3.05, 3.63) is 60.1 Å². The topological polar surface area (TPSA) is 53.8 Å². The van der Waals surface area contributed by atoms with Gasteiger partial charge in [-0.25, -0.2) is 0 Å². The van der Waals surface area contributed by atoms with Crippen LogP contribution < -0.4 is 0 Å². The lowest BCUT2D eigenvalue weighted by Crippen LogP contribution is -2.43. The molecule has 0 spiro atoms. The second-order valence-electron chi connectivity index (χ2n) is 7.88. The van der Waals surface area contributed by atoms with Gasteiger partial charge >= 0.3 is 0 Å². The summed E-state index contributed by atoms with van der Waals surface area (Å²) in [5.74, 6) is 0.840. The van der Waals surface area contributed by atoms with Crippen molar-refractivity contribution in [2.75, 3.05) is 6.54 Å². The van der Waals surface area contributed by atoms with E-state index in [9.17, 15) is 9.59 Å². The first kappa shape index (κ1) is 21.2. The first-order chi connectivity index (χ1) is 14.2. The monoisotopic (exact) mass is 396 g/mol. The Bertz CT molecular complexity index is 754. The molecule has 0 aliphatic heterocycles. The largest absolute Gasteiger partial charge is 0.467 e. The van der Waals surface area contributed by atoms with Gasteiger partial charge in [0.2, 0.25) is 11.8 Å². The fourth-order valence-electron chi connectivity index (χ4n) is 3.53. The minimum atomic E-state index is -0.0286. The SMILES string of the molecule is CCCCCCC(=O)N(CC(=O)N(Cc1ccccc1)Cc1ccco1)C1CC1. The van der Waals surface area contributed by atoms with Gasteiger partial charge in [0.05, 0.1) is 12.8 Å². The lowest BCUT2D eigenvalue weighted by Gasteiger charge is -2.27. The molecule has 3 rings (SSSR count). The minimum Gasteiger partial charge on any atom is -0.467 e. The van der Waals surface area contributed by atoms with Crippen molar-refractivity contribution in [2.45, 2.75) is 71.0 Å². The number of unbranched alkanes of at least 4 members (excludes halogenated alkanes) is 3. The maximum absolute atomic E-state index is 13.2. The Morgan fingerprint density at radius 3 is 2.41 bits per heavy atom. The Hall–Kier alpha value is -2.56. The van der Waals surface area contributed by atoms with Gasteiger partial charge in [0, 0.05) is 19.0 Å². The van der Waals surface area contributed by atoms with Gasteiger partial charge in [-0.3, -0.25) is 9.59 Å². The Labute approximate surface area is 173 Å². The molecule has 2 amide bonds. The predicted octanol–water partition coefficient (Wildman–Crippen LogP) is 4.77. The minimum absolute atomic E-state index is 0.0286. The highest BCUT2D eigenvalue weighted by Gasteiger charge is 2.34. The fraction of sp³-hybridized carbons (Fsp3) is 0.500. The molecule has 0 bridgehead atoms. The first-order valence-corrected chi connectivity index (χ1v) is 10.8. The Kier molecular flexibility index (Phi) is 7.91. The molecule has 1 aromatic heterocycles. The molecule has 5 nitrogen and oxygen atoms in total. The molecule has 2 aromatic rings. The average molecular weight is 397 g/mol. The molecule has 156 valence electrons. The Morgan fingerprint density at radius 2 is 1.76 bits per heavy atom. The van der Waals surface area contributed by atoms with Crippen LogP contribution in [-0.2, 0) is 22.7 Å². The molecule has 0 atom stereocenters. The van der Waals surface area contributed by atoms with E-state index in [0.29, 0.717) is 19.5 Å². The van der Waals surface area contributed by atoms with Crippen LogP contribution in [0, 0.1) is 0 Å². The van der Waals surface area contributed by atoms with Crippen LogP contribution >= 0.6 is 0 Å². The number of carbonyl (C=O) groups is 2. The van der Waals surface area contributed by atoms with Crippen LogP contribution in [0.2, 0.25) is 0 Å². The second kappa shape index (κ2) is 10.8. The van der Waals surface area contributed by atoms with E-state index in [1.165, 1.54) is 0 Å². The number of hydrogen-bond donors (Lipinski definition) is 0. The number of rotatable bonds is 12. The van der Waals surface area contributed by atoms with Gasteiger partial charge in [-0.2, -0.15) is 0 Å². The van der Waals surface area contributed by atoms with E-state index in [2.05, 4.69) is 6.92 Å². The van der Waals surface area contributed by atoms with Crippen LogP contribution in [0.15, 0.2) is 53.1 Å². The van der Waals surface area contributed by atoms with E-state index in [1.54, 1.807) is 11.2 Å². The molecule has 1 heterocycles. The molecule has 1 aromatic carbocycles. The summed E-state index contributed by atoms with van der Waals surface area (Å²) in [7, 11) is 0. The maximum Gasteiger partial charge on any atom is 0.242 e. The summed E-state index contributed by atoms with van der Waals surface area (Å²) >= 11 is 0. The zero-order chi connectivity index (χ0) is 20.5. The van der Waals surface area contributed by atoms with E-state index in [-0.39, 0.29) is 24.4 Å². The van der Waals surface area contributed by atoms with Gasteiger partial charge in [0.25, 0.3) is 0 Å². The number of nitrogens with zero attached hydrogens (tertiary/aromatic N) is 2. The summed E-state index contributed by atoms with van der Waals surface area (Å²) in [5.41, 5.74) is 1.07. The molecule has 29 heavy (non-hydrogen) atoms. The molecule has 0 N–H and O–H groups in total. The molecule has 1 saturated carbocycles. The molecular weight excluding hydrogens is 364 g/mol. The number of carbonyl (C=O) groups excluding carboxylic acids is 2. The van der Waals surface area contributed by atoms with E-state index >= 15 is 0 Å². The van der Waals surface area contributed by atoms with Crippen LogP contribution in [-0.4, -0.2) is 34.2 Å². The summed E-state index contributed by atoms with van der Waals surface area (Å²) in [5, 5.41) is 0. The molecule has 0 radical (unpaired) electrons. The molecule has 1 aliphatic carbocycles. The molecular formula is C24H32N2O3. The maximum atomic E-state index is 13.2. The van der Waals surface area contributed by atoms with Crippen LogP contribution in [0.1, 0.15) is 63.2 Å². The zero-order valence-corrected chi connectivity index (χ0v) is 17.4. The van der Waals surface area contributed by atoms with E-state index in [1.807, 2.05) is 47.4 Å². The van der Waals surface area contributed by atoms with Gasteiger partial charge in [0.15, 0.2) is 0 Å². The van der Waals surface area contributed by atoms with E-state index in [4.69, 9.17) is 4.42 Å². The zero-order valence-electron chi connectivity index (χ0n) is 17.4. The third-order valence-electron chi connectivity index (χ3n) is 5.35. The highest BCUT2D eigenvalue weighted by Crippen LogP contribution is 2.28. The Morgan fingerprint density at radius 1 is 0.966 bits per heavy atom. The van der Waals surface area contributed by atoms with Gasteiger partial charge in [-0.05, 0) is 37.0 Å². The summed E-state index contributed by atoms with van der Waals surface area (Å²) in [6.07, 6.45) is 8.47. The smallest absolute Gasteiger partial charge is 0.242 e. The van der Waals surface area contributed by atoms with Gasteiger partial charge in [0.1, 0.15) is 12.3 Å². The lowest BCUT2D eigenvalue weighted by molar-refractivity contribution is -0.142. The summed E-state index contributed by atoms with van der Waals surface area (Å²) < 4.78 is 5.47. The van der Waals surface area contributed by atoms with Crippen molar-refractivity contribution in [3.8, 4) is 0 Å². The molecule has 1 fully saturated rings. The normalized spacial score (nSPS) is 13.3. The molecule has 0 saturated heterocycles. The van der Waals surface area contributed by atoms with Crippen molar-refractivity contribution in [1.82, 2.24) is 9.80 Å². The van der Waals surface area contributed by atoms with Gasteiger partial charge in [-0.15, -0.1) is 0 Å². The third-order valence-corrected chi connectivity index (χ3v) is 5.35. The Balaban J connectivity index is 1.64. The average Bonchev–Trinajstić information content (AvgIpc) is 3.45. The van der Waals surface area contributed by atoms with E-state index in [0.717, 1.165) is 49.8 Å². The highest BCUT2D eigenvalue weighted by atomic mass is 16.3. The third kappa shape index (κ3) is 6.77. The molecule has 1 aliphatic rings. The lowest BCUT2D eigenvalue weighted by atomic mass is 10.1. The van der Waals surface area contributed by atoms with Gasteiger partial charge < -0.3 is 14.2 Å². The number of amides is 2. The first-order valence-electron chi connectivity index (χ1n) is 10.8. The number of furan rings is 1. The summed E-state index contributed by atoms with van der Waals surface area (Å²) in [6, 6.07) is 13.9. The fourth-order valence-corrected chi connectivity index (χ4v) is 3.53. The standard InChI is InChI=1S/C24H32N2O3/c1-2-3-4-8-13-23(27)26(21-14-15-21)19-24(28)25(18-22-12-9-16-29-22)17-20-10-6-5-7-11-20/h5-7,9-12,16,21H,2-4,8,13-15,17-19H2,1H3. The van der Waals surface area contributed by atoms with Crippen molar-refractivity contribution < 1.29 is 14.0 Å². The molecule has 5 heteroatoms. The second-order valence-corrected chi connectivity index (χ2v) is 7.88.